The predicted molar refractivity (Wildman–Crippen MR) is 91.6 cm³/mol. The Morgan fingerprint density at radius 3 is 2.84 bits per heavy atom. The maximum absolute atomic E-state index is 12.8. The van der Waals surface area contributed by atoms with E-state index >= 15 is 0 Å². The molecule has 0 aliphatic carbocycles. The number of rotatable bonds is 4. The van der Waals surface area contributed by atoms with Gasteiger partial charge in [-0.1, -0.05) is 24.3 Å². The molecular weight excluding hydrogens is 318 g/mol. The number of benzene rings is 1. The first kappa shape index (κ1) is 15.4. The van der Waals surface area contributed by atoms with Crippen LogP contribution < -0.4 is 9.64 Å². The fraction of sp³-hybridized carbons (Fsp3) is 0.211. The van der Waals surface area contributed by atoms with E-state index in [1.165, 1.54) is 0 Å². The van der Waals surface area contributed by atoms with Gasteiger partial charge in [0.05, 0.1) is 5.69 Å². The average molecular weight is 335 g/mol. The Bertz CT molecular complexity index is 905. The molecule has 0 radical (unpaired) electrons. The smallest absolute Gasteiger partial charge is 0.297 e. The Labute approximate surface area is 145 Å². The van der Waals surface area contributed by atoms with Crippen LogP contribution in [0, 0.1) is 6.92 Å². The molecule has 0 unspecified atom stereocenters. The summed E-state index contributed by atoms with van der Waals surface area (Å²) < 4.78 is 11.3. The lowest BCUT2D eigenvalue weighted by molar-refractivity contribution is 0.0947. The van der Waals surface area contributed by atoms with Crippen molar-refractivity contribution in [3.05, 3.63) is 71.6 Å². The van der Waals surface area contributed by atoms with Crippen molar-refractivity contribution in [1.29, 1.82) is 0 Å². The lowest BCUT2D eigenvalue weighted by Gasteiger charge is -2.25. The monoisotopic (exact) mass is 335 g/mol. The summed E-state index contributed by atoms with van der Waals surface area (Å²) in [6.45, 7) is 2.66. The van der Waals surface area contributed by atoms with Gasteiger partial charge in [-0.3, -0.25) is 9.69 Å². The molecule has 2 aromatic heterocycles. The SMILES string of the molecule is Cc1cccnc1N1CCc2nc(COc3ccccc3)oc2C1=O. The number of hydrogen-bond acceptors (Lipinski definition) is 5. The van der Waals surface area contributed by atoms with Gasteiger partial charge in [0, 0.05) is 19.2 Å². The van der Waals surface area contributed by atoms with Crippen molar-refractivity contribution < 1.29 is 13.9 Å². The van der Waals surface area contributed by atoms with E-state index in [0.717, 1.165) is 11.3 Å². The standard InChI is InChI=1S/C19H17N3O3/c1-13-6-5-10-20-18(13)22-11-9-15-17(19(22)23)25-16(21-15)12-24-14-7-3-2-4-8-14/h2-8,10H,9,11-12H2,1H3. The van der Waals surface area contributed by atoms with Gasteiger partial charge in [-0.05, 0) is 30.7 Å². The first-order valence-electron chi connectivity index (χ1n) is 8.12. The minimum Gasteiger partial charge on any atom is -0.484 e. The molecule has 3 heterocycles. The summed E-state index contributed by atoms with van der Waals surface area (Å²) in [7, 11) is 0. The molecule has 1 aliphatic rings. The first-order valence-corrected chi connectivity index (χ1v) is 8.12. The summed E-state index contributed by atoms with van der Waals surface area (Å²) in [6.07, 6.45) is 2.32. The van der Waals surface area contributed by atoms with Gasteiger partial charge in [0.1, 0.15) is 11.6 Å². The Morgan fingerprint density at radius 2 is 2.04 bits per heavy atom. The largest absolute Gasteiger partial charge is 0.484 e. The van der Waals surface area contributed by atoms with Crippen molar-refractivity contribution >= 4 is 11.7 Å². The van der Waals surface area contributed by atoms with Crippen LogP contribution in [0.3, 0.4) is 0 Å². The van der Waals surface area contributed by atoms with Gasteiger partial charge in [0.25, 0.3) is 5.91 Å². The number of nitrogens with zero attached hydrogens (tertiary/aromatic N) is 3. The van der Waals surface area contributed by atoms with E-state index in [9.17, 15) is 4.79 Å². The molecule has 4 rings (SSSR count). The highest BCUT2D eigenvalue weighted by atomic mass is 16.5. The second-order valence-corrected chi connectivity index (χ2v) is 5.84. The molecule has 6 heteroatoms. The van der Waals surface area contributed by atoms with Crippen LogP contribution in [-0.4, -0.2) is 22.4 Å². The number of oxazole rings is 1. The molecule has 0 saturated carbocycles. The van der Waals surface area contributed by atoms with Crippen molar-refractivity contribution in [2.75, 3.05) is 11.4 Å². The van der Waals surface area contributed by atoms with E-state index < -0.39 is 0 Å². The zero-order valence-electron chi connectivity index (χ0n) is 13.8. The lowest BCUT2D eigenvalue weighted by Crippen LogP contribution is -2.38. The van der Waals surface area contributed by atoms with Crippen LogP contribution in [-0.2, 0) is 13.0 Å². The second kappa shape index (κ2) is 6.39. The van der Waals surface area contributed by atoms with E-state index in [2.05, 4.69) is 9.97 Å². The number of fused-ring (bicyclic) bond motifs is 1. The minimum absolute atomic E-state index is 0.187. The highest BCUT2D eigenvalue weighted by Gasteiger charge is 2.32. The van der Waals surface area contributed by atoms with Gasteiger partial charge in [0.2, 0.25) is 11.7 Å². The number of pyridine rings is 1. The summed E-state index contributed by atoms with van der Waals surface area (Å²) >= 11 is 0. The lowest BCUT2D eigenvalue weighted by atomic mass is 10.1. The number of hydrogen-bond donors (Lipinski definition) is 0. The predicted octanol–water partition coefficient (Wildman–Crippen LogP) is 3.16. The van der Waals surface area contributed by atoms with Crippen molar-refractivity contribution in [2.24, 2.45) is 0 Å². The van der Waals surface area contributed by atoms with Crippen LogP contribution in [0.25, 0.3) is 0 Å². The molecule has 3 aromatic rings. The maximum Gasteiger partial charge on any atom is 0.297 e. The first-order chi connectivity index (χ1) is 12.2. The number of amides is 1. The third-order valence-corrected chi connectivity index (χ3v) is 4.10. The summed E-state index contributed by atoms with van der Waals surface area (Å²) in [5.74, 6) is 1.87. The van der Waals surface area contributed by atoms with E-state index in [-0.39, 0.29) is 18.3 Å². The normalized spacial score (nSPS) is 13.6. The summed E-state index contributed by atoms with van der Waals surface area (Å²) in [4.78, 5) is 23.1. The van der Waals surface area contributed by atoms with Gasteiger partial charge in [-0.2, -0.15) is 0 Å². The molecule has 25 heavy (non-hydrogen) atoms. The van der Waals surface area contributed by atoms with Crippen LogP contribution in [0.5, 0.6) is 5.75 Å². The fourth-order valence-electron chi connectivity index (χ4n) is 2.86. The number of anilines is 1. The quantitative estimate of drug-likeness (QED) is 0.732. The zero-order chi connectivity index (χ0) is 17.2. The Kier molecular flexibility index (Phi) is 3.93. The number of ether oxygens (including phenoxy) is 1. The third-order valence-electron chi connectivity index (χ3n) is 4.10. The molecule has 126 valence electrons. The number of para-hydroxylation sites is 1. The van der Waals surface area contributed by atoms with E-state index in [1.807, 2.05) is 49.4 Å². The van der Waals surface area contributed by atoms with Gasteiger partial charge in [0.15, 0.2) is 6.61 Å². The molecule has 0 N–H and O–H groups in total. The molecule has 0 bridgehead atoms. The molecule has 1 aliphatic heterocycles. The summed E-state index contributed by atoms with van der Waals surface area (Å²) in [5, 5.41) is 0. The Morgan fingerprint density at radius 1 is 1.20 bits per heavy atom. The number of carbonyl (C=O) groups is 1. The van der Waals surface area contributed by atoms with Crippen molar-refractivity contribution in [3.63, 3.8) is 0 Å². The number of carbonyl (C=O) groups excluding carboxylic acids is 1. The van der Waals surface area contributed by atoms with E-state index in [1.54, 1.807) is 11.1 Å². The third kappa shape index (κ3) is 2.98. The zero-order valence-corrected chi connectivity index (χ0v) is 13.8. The number of aromatic nitrogens is 2. The topological polar surface area (TPSA) is 68.5 Å². The van der Waals surface area contributed by atoms with Crippen molar-refractivity contribution in [2.45, 2.75) is 20.0 Å². The number of aryl methyl sites for hydroxylation is 1. The van der Waals surface area contributed by atoms with Gasteiger partial charge in [-0.15, -0.1) is 0 Å². The molecule has 0 spiro atoms. The minimum atomic E-state index is -0.207. The maximum atomic E-state index is 12.8. The molecule has 6 nitrogen and oxygen atoms in total. The highest BCUT2D eigenvalue weighted by Crippen LogP contribution is 2.26. The molecule has 1 amide bonds. The van der Waals surface area contributed by atoms with Gasteiger partial charge >= 0.3 is 0 Å². The van der Waals surface area contributed by atoms with Crippen LogP contribution in [0.15, 0.2) is 53.1 Å². The van der Waals surface area contributed by atoms with E-state index in [0.29, 0.717) is 30.4 Å². The molecule has 0 fully saturated rings. The average Bonchev–Trinajstić information content (AvgIpc) is 3.06. The van der Waals surface area contributed by atoms with E-state index in [4.69, 9.17) is 9.15 Å². The second-order valence-electron chi connectivity index (χ2n) is 5.84. The Hall–Kier alpha value is -3.15. The van der Waals surface area contributed by atoms with Crippen molar-refractivity contribution in [1.82, 2.24) is 9.97 Å². The van der Waals surface area contributed by atoms with Crippen LogP contribution in [0.2, 0.25) is 0 Å². The Balaban J connectivity index is 1.54. The van der Waals surface area contributed by atoms with Crippen molar-refractivity contribution in [3.8, 4) is 5.75 Å². The molecule has 0 saturated heterocycles. The van der Waals surface area contributed by atoms with Gasteiger partial charge < -0.3 is 9.15 Å². The molecule has 1 aromatic carbocycles. The molecular formula is C19H17N3O3. The van der Waals surface area contributed by atoms with Gasteiger partial charge in [-0.25, -0.2) is 9.97 Å². The summed E-state index contributed by atoms with van der Waals surface area (Å²) in [6, 6.07) is 13.2. The summed E-state index contributed by atoms with van der Waals surface area (Å²) in [5.41, 5.74) is 1.63. The highest BCUT2D eigenvalue weighted by molar-refractivity contribution is 6.05. The van der Waals surface area contributed by atoms with Crippen LogP contribution in [0.1, 0.15) is 27.7 Å². The molecule has 0 atom stereocenters. The fourth-order valence-corrected chi connectivity index (χ4v) is 2.86. The van der Waals surface area contributed by atoms with Crippen LogP contribution >= 0.6 is 0 Å². The van der Waals surface area contributed by atoms with Crippen LogP contribution in [0.4, 0.5) is 5.82 Å².